The molecule has 2 saturated heterocycles. The lowest BCUT2D eigenvalue weighted by Gasteiger charge is -2.46. The summed E-state index contributed by atoms with van der Waals surface area (Å²) in [4.78, 5) is 12.6. The van der Waals surface area contributed by atoms with E-state index < -0.39 is 67.4 Å². The molecule has 2 fully saturated rings. The van der Waals surface area contributed by atoms with Crippen LogP contribution in [0, 0.1) is 0 Å². The number of carbonyl (C=O) groups is 1. The Kier molecular flexibility index (Phi) is 14.7. The van der Waals surface area contributed by atoms with Gasteiger partial charge in [0.25, 0.3) is 0 Å². The fourth-order valence-corrected chi connectivity index (χ4v) is 6.70. The van der Waals surface area contributed by atoms with Crippen LogP contribution in [0.1, 0.15) is 36.1 Å². The maximum atomic E-state index is 12.6. The van der Waals surface area contributed by atoms with Gasteiger partial charge in [0, 0.05) is 14.0 Å². The lowest BCUT2D eigenvalue weighted by Crippen LogP contribution is -2.63. The molecule has 288 valence electrons. The Hall–Kier alpha value is -4.01. The van der Waals surface area contributed by atoms with Crippen LogP contribution in [0.2, 0.25) is 0 Å². The Balaban J connectivity index is 1.21. The first-order valence-electron chi connectivity index (χ1n) is 18.3. The second-order valence-corrected chi connectivity index (χ2v) is 13.4. The van der Waals surface area contributed by atoms with Gasteiger partial charge in [-0.2, -0.15) is 0 Å². The zero-order valence-electron chi connectivity index (χ0n) is 30.9. The first kappa shape index (κ1) is 39.7. The Labute approximate surface area is 317 Å². The van der Waals surface area contributed by atoms with Gasteiger partial charge in [0.1, 0.15) is 36.6 Å². The van der Waals surface area contributed by atoms with Gasteiger partial charge in [-0.25, -0.2) is 0 Å². The van der Waals surface area contributed by atoms with Gasteiger partial charge in [0.05, 0.1) is 39.1 Å². The molecule has 0 spiro atoms. The summed E-state index contributed by atoms with van der Waals surface area (Å²) in [5.74, 6) is -0.534. The summed E-state index contributed by atoms with van der Waals surface area (Å²) in [7, 11) is 1.49. The summed E-state index contributed by atoms with van der Waals surface area (Å²) in [5, 5.41) is 11.8. The number of hydrogen-bond acceptors (Lipinski definition) is 11. The summed E-state index contributed by atoms with van der Waals surface area (Å²) < 4.78 is 56.4. The maximum absolute atomic E-state index is 12.6. The van der Waals surface area contributed by atoms with E-state index in [2.05, 4.69) is 0 Å². The number of rotatable bonds is 17. The highest BCUT2D eigenvalue weighted by atomic mass is 16.7. The first-order chi connectivity index (χ1) is 26.4. The predicted octanol–water partition coefficient (Wildman–Crippen LogP) is 5.75. The van der Waals surface area contributed by atoms with Crippen molar-refractivity contribution < 1.29 is 52.5 Å². The van der Waals surface area contributed by atoms with Gasteiger partial charge in [-0.3, -0.25) is 4.79 Å². The number of esters is 1. The van der Waals surface area contributed by atoms with Crippen LogP contribution in [0.5, 0.6) is 0 Å². The minimum absolute atomic E-state index is 0.113. The highest BCUT2D eigenvalue weighted by Crippen LogP contribution is 2.33. The third kappa shape index (κ3) is 10.8. The SMILES string of the molecule is CO[C@H]1OC(CO[C@@H]2OC(C)[C@H](OCc3ccccc3)C(OCc3ccccc3)C2OC(C)=O)[C@@H](OCc2ccccc2)C(O)C1OCc1ccccc1. The second kappa shape index (κ2) is 20.1. The molecule has 2 aliphatic heterocycles. The molecule has 0 radical (unpaired) electrons. The molecule has 0 saturated carbocycles. The number of carbonyl (C=O) groups excluding carboxylic acids is 1. The van der Waals surface area contributed by atoms with Crippen LogP contribution in [0.25, 0.3) is 0 Å². The fraction of sp³-hybridized carbons (Fsp3) is 0.419. The molecule has 1 N–H and O–H groups in total. The molecule has 2 aliphatic rings. The van der Waals surface area contributed by atoms with Crippen LogP contribution in [0.3, 0.4) is 0 Å². The second-order valence-electron chi connectivity index (χ2n) is 13.4. The molecule has 0 bridgehead atoms. The number of aliphatic hydroxyl groups is 1. The Morgan fingerprint density at radius 1 is 0.556 bits per heavy atom. The molecular weight excluding hydrogens is 692 g/mol. The van der Waals surface area contributed by atoms with E-state index in [1.54, 1.807) is 0 Å². The summed E-state index contributed by atoms with van der Waals surface area (Å²) in [5.41, 5.74) is 3.76. The summed E-state index contributed by atoms with van der Waals surface area (Å²) in [6.45, 7) is 4.05. The maximum Gasteiger partial charge on any atom is 0.303 e. The summed E-state index contributed by atoms with van der Waals surface area (Å²) in [6, 6.07) is 38.8. The van der Waals surface area contributed by atoms with Crippen LogP contribution in [-0.2, 0) is 73.9 Å². The molecule has 11 heteroatoms. The van der Waals surface area contributed by atoms with E-state index in [0.29, 0.717) is 6.61 Å². The van der Waals surface area contributed by atoms with Crippen molar-refractivity contribution >= 4 is 5.97 Å². The van der Waals surface area contributed by atoms with Crippen molar-refractivity contribution in [2.24, 2.45) is 0 Å². The third-order valence-corrected chi connectivity index (χ3v) is 9.44. The standard InChI is InChI=1S/C43H50O11/c1-29-37(47-24-31-16-8-4-9-17-31)40(50-27-34-22-14-7-15-23-34)41(53-30(2)44)43(52-29)51-28-35-38(48-25-32-18-10-5-11-19-32)36(45)39(42(46-3)54-35)49-26-33-20-12-6-13-21-33/h4-23,29,35-43,45H,24-28H2,1-3H3/t29?,35?,36?,37-,38+,39?,40?,41?,42-,43+/m0/s1. The van der Waals surface area contributed by atoms with Gasteiger partial charge < -0.3 is 47.7 Å². The van der Waals surface area contributed by atoms with Gasteiger partial charge in [-0.15, -0.1) is 0 Å². The molecule has 0 aliphatic carbocycles. The number of aliphatic hydroxyl groups excluding tert-OH is 1. The van der Waals surface area contributed by atoms with Crippen molar-refractivity contribution in [3.63, 3.8) is 0 Å². The minimum atomic E-state index is -1.15. The number of benzene rings is 4. The largest absolute Gasteiger partial charge is 0.454 e. The van der Waals surface area contributed by atoms with Crippen LogP contribution in [-0.4, -0.2) is 86.2 Å². The van der Waals surface area contributed by atoms with E-state index in [1.165, 1.54) is 14.0 Å². The molecule has 11 nitrogen and oxygen atoms in total. The Morgan fingerprint density at radius 2 is 0.981 bits per heavy atom. The minimum Gasteiger partial charge on any atom is -0.454 e. The van der Waals surface area contributed by atoms with E-state index in [1.807, 2.05) is 128 Å². The molecule has 2 heterocycles. The van der Waals surface area contributed by atoms with Gasteiger partial charge >= 0.3 is 5.97 Å². The van der Waals surface area contributed by atoms with Crippen molar-refractivity contribution in [2.75, 3.05) is 13.7 Å². The van der Waals surface area contributed by atoms with Gasteiger partial charge in [-0.05, 0) is 29.2 Å². The quantitative estimate of drug-likeness (QED) is 0.133. The molecule has 10 atom stereocenters. The zero-order valence-corrected chi connectivity index (χ0v) is 30.9. The van der Waals surface area contributed by atoms with E-state index >= 15 is 0 Å². The highest BCUT2D eigenvalue weighted by Gasteiger charge is 2.51. The lowest BCUT2D eigenvalue weighted by molar-refractivity contribution is -0.340. The van der Waals surface area contributed by atoms with Crippen LogP contribution >= 0.6 is 0 Å². The third-order valence-electron chi connectivity index (χ3n) is 9.44. The summed E-state index contributed by atoms with van der Waals surface area (Å²) in [6.07, 6.45) is -8.70. The van der Waals surface area contributed by atoms with Crippen molar-refractivity contribution in [3.8, 4) is 0 Å². The molecule has 6 rings (SSSR count). The lowest BCUT2D eigenvalue weighted by atomic mass is 9.97. The molecular formula is C43H50O11. The normalized spacial score (nSPS) is 28.4. The fourth-order valence-electron chi connectivity index (χ4n) is 6.70. The smallest absolute Gasteiger partial charge is 0.303 e. The molecule has 4 aromatic carbocycles. The van der Waals surface area contributed by atoms with E-state index in [4.69, 9.17) is 42.6 Å². The molecule has 4 aromatic rings. The number of hydrogen-bond donors (Lipinski definition) is 1. The van der Waals surface area contributed by atoms with Gasteiger partial charge in [0.2, 0.25) is 0 Å². The van der Waals surface area contributed by atoms with Gasteiger partial charge in [0.15, 0.2) is 18.7 Å². The van der Waals surface area contributed by atoms with Crippen LogP contribution < -0.4 is 0 Å². The first-order valence-corrected chi connectivity index (χ1v) is 18.3. The van der Waals surface area contributed by atoms with Crippen LogP contribution in [0.4, 0.5) is 0 Å². The Bertz CT molecular complexity index is 1660. The van der Waals surface area contributed by atoms with Crippen LogP contribution in [0.15, 0.2) is 121 Å². The van der Waals surface area contributed by atoms with E-state index in [-0.39, 0.29) is 26.4 Å². The van der Waals surface area contributed by atoms with Crippen molar-refractivity contribution in [1.29, 1.82) is 0 Å². The molecule has 6 unspecified atom stereocenters. The molecule has 0 aromatic heterocycles. The van der Waals surface area contributed by atoms with E-state index in [0.717, 1.165) is 22.3 Å². The van der Waals surface area contributed by atoms with Crippen molar-refractivity contribution in [3.05, 3.63) is 144 Å². The number of methoxy groups -OCH3 is 1. The van der Waals surface area contributed by atoms with E-state index in [9.17, 15) is 9.90 Å². The molecule has 0 amide bonds. The average molecular weight is 743 g/mol. The highest BCUT2D eigenvalue weighted by molar-refractivity contribution is 5.66. The topological polar surface area (TPSA) is 120 Å². The molecule has 54 heavy (non-hydrogen) atoms. The van der Waals surface area contributed by atoms with Crippen molar-refractivity contribution in [2.45, 2.75) is 102 Å². The van der Waals surface area contributed by atoms with Crippen molar-refractivity contribution in [1.82, 2.24) is 0 Å². The van der Waals surface area contributed by atoms with Gasteiger partial charge in [-0.1, -0.05) is 121 Å². The number of ether oxygens (including phenoxy) is 9. The predicted molar refractivity (Wildman–Crippen MR) is 198 cm³/mol. The average Bonchev–Trinajstić information content (AvgIpc) is 3.20. The monoisotopic (exact) mass is 742 g/mol. The zero-order chi connectivity index (χ0) is 37.7. The Morgan fingerprint density at radius 3 is 1.43 bits per heavy atom. The summed E-state index contributed by atoms with van der Waals surface area (Å²) >= 11 is 0.